The molecule has 3 atom stereocenters. The molecule has 3 unspecified atom stereocenters. The molecule has 0 amide bonds. The third-order valence-electron chi connectivity index (χ3n) is 6.67. The van der Waals surface area contributed by atoms with E-state index >= 15 is 0 Å². The van der Waals surface area contributed by atoms with E-state index in [-0.39, 0.29) is 0 Å². The smallest absolute Gasteiger partial charge is 0.0572 e. The highest BCUT2D eigenvalue weighted by molar-refractivity contribution is 5.68. The molecular formula is C26H36N4. The zero-order valence-electron chi connectivity index (χ0n) is 18.8. The number of anilines is 1. The number of fused-ring (bicyclic) bond motifs is 3. The molecule has 1 saturated heterocycles. The third-order valence-corrected chi connectivity index (χ3v) is 6.67. The highest BCUT2D eigenvalue weighted by Crippen LogP contribution is 2.47. The molecule has 0 spiro atoms. The summed E-state index contributed by atoms with van der Waals surface area (Å²) in [4.78, 5) is 2.50. The Morgan fingerprint density at radius 1 is 1.07 bits per heavy atom. The third kappa shape index (κ3) is 4.12. The average Bonchev–Trinajstić information content (AvgIpc) is 2.70. The second-order valence-electron chi connectivity index (χ2n) is 9.22. The van der Waals surface area contributed by atoms with E-state index in [2.05, 4.69) is 104 Å². The van der Waals surface area contributed by atoms with Crippen LogP contribution in [0.5, 0.6) is 0 Å². The second kappa shape index (κ2) is 8.83. The van der Waals surface area contributed by atoms with Crippen molar-refractivity contribution in [3.05, 3.63) is 71.8 Å². The van der Waals surface area contributed by atoms with Gasteiger partial charge in [0.25, 0.3) is 0 Å². The zero-order valence-corrected chi connectivity index (χ0v) is 18.8. The fraction of sp³-hybridized carbons (Fsp3) is 0.462. The normalized spacial score (nSPS) is 22.3. The van der Waals surface area contributed by atoms with Crippen molar-refractivity contribution in [2.75, 3.05) is 25.0 Å². The van der Waals surface area contributed by atoms with Crippen molar-refractivity contribution in [3.63, 3.8) is 0 Å². The van der Waals surface area contributed by atoms with Gasteiger partial charge in [-0.2, -0.15) is 0 Å². The molecule has 0 aromatic heterocycles. The summed E-state index contributed by atoms with van der Waals surface area (Å²) in [5.41, 5.74) is 6.16. The van der Waals surface area contributed by atoms with Gasteiger partial charge in [-0.1, -0.05) is 43.0 Å². The highest BCUT2D eigenvalue weighted by Gasteiger charge is 2.43. The number of hydrogen-bond acceptors (Lipinski definition) is 4. The summed E-state index contributed by atoms with van der Waals surface area (Å²) >= 11 is 0. The lowest BCUT2D eigenvalue weighted by atomic mass is 9.74. The fourth-order valence-corrected chi connectivity index (χ4v) is 4.98. The van der Waals surface area contributed by atoms with Crippen molar-refractivity contribution in [2.24, 2.45) is 5.92 Å². The summed E-state index contributed by atoms with van der Waals surface area (Å²) in [7, 11) is 0. The van der Waals surface area contributed by atoms with E-state index < -0.39 is 0 Å². The molecule has 3 N–H and O–H groups in total. The minimum absolute atomic E-state index is 0.371. The molecule has 2 aromatic carbocycles. The lowest BCUT2D eigenvalue weighted by Gasteiger charge is -2.48. The SMILES string of the molecule is C=C(NCCN(C(C)C)C(C)C)c1ccc2c(c1)C1NCC1C(c1ccccc1)N2. The molecule has 0 saturated carbocycles. The van der Waals surface area contributed by atoms with Crippen LogP contribution in [0, 0.1) is 5.92 Å². The molecular weight excluding hydrogens is 368 g/mol. The summed E-state index contributed by atoms with van der Waals surface area (Å²) in [6.07, 6.45) is 0. The van der Waals surface area contributed by atoms with Crippen LogP contribution < -0.4 is 16.0 Å². The van der Waals surface area contributed by atoms with Crippen LogP contribution in [0.2, 0.25) is 0 Å². The van der Waals surface area contributed by atoms with Gasteiger partial charge in [0.15, 0.2) is 0 Å². The van der Waals surface area contributed by atoms with Crippen LogP contribution in [-0.2, 0) is 0 Å². The molecule has 2 aromatic rings. The Labute approximate surface area is 181 Å². The van der Waals surface area contributed by atoms with Gasteiger partial charge in [0.05, 0.1) is 6.04 Å². The summed E-state index contributed by atoms with van der Waals surface area (Å²) in [6, 6.07) is 19.4. The first kappa shape index (κ1) is 21.0. The first-order valence-electron chi connectivity index (χ1n) is 11.3. The molecule has 0 radical (unpaired) electrons. The number of hydrogen-bond donors (Lipinski definition) is 3. The number of nitrogens with zero attached hydrogens (tertiary/aromatic N) is 1. The summed E-state index contributed by atoms with van der Waals surface area (Å²) in [5.74, 6) is 0.585. The molecule has 4 rings (SSSR count). The Kier molecular flexibility index (Phi) is 6.16. The molecule has 1 fully saturated rings. The molecule has 4 nitrogen and oxygen atoms in total. The molecule has 160 valence electrons. The van der Waals surface area contributed by atoms with Gasteiger partial charge in [-0.25, -0.2) is 0 Å². The zero-order chi connectivity index (χ0) is 21.3. The Hall–Kier alpha value is -2.30. The van der Waals surface area contributed by atoms with Crippen molar-refractivity contribution in [1.29, 1.82) is 0 Å². The van der Waals surface area contributed by atoms with Gasteiger partial charge in [0.1, 0.15) is 0 Å². The number of benzene rings is 2. The van der Waals surface area contributed by atoms with Crippen LogP contribution in [0.15, 0.2) is 55.1 Å². The van der Waals surface area contributed by atoms with Gasteiger partial charge in [-0.15, -0.1) is 0 Å². The fourth-order valence-electron chi connectivity index (χ4n) is 4.98. The van der Waals surface area contributed by atoms with E-state index in [1.165, 1.54) is 22.4 Å². The van der Waals surface area contributed by atoms with Crippen molar-refractivity contribution in [3.8, 4) is 0 Å². The predicted molar refractivity (Wildman–Crippen MR) is 127 cm³/mol. The van der Waals surface area contributed by atoms with Gasteiger partial charge in [0.2, 0.25) is 0 Å². The standard InChI is InChI=1S/C26H36N4/c1-17(2)30(18(3)4)14-13-27-19(5)21-11-12-24-22(15-21)26-23(16-28-26)25(29-24)20-9-7-6-8-10-20/h6-12,15,17-18,23,25-29H,5,13-14,16H2,1-4H3. The maximum atomic E-state index is 4.31. The molecule has 2 heterocycles. The minimum atomic E-state index is 0.371. The lowest BCUT2D eigenvalue weighted by molar-refractivity contribution is 0.178. The first-order chi connectivity index (χ1) is 14.5. The number of rotatable bonds is 8. The Morgan fingerprint density at radius 2 is 1.80 bits per heavy atom. The Balaban J connectivity index is 1.44. The average molecular weight is 405 g/mol. The van der Waals surface area contributed by atoms with Gasteiger partial charge < -0.3 is 16.0 Å². The van der Waals surface area contributed by atoms with Crippen LogP contribution in [0.1, 0.15) is 56.5 Å². The van der Waals surface area contributed by atoms with E-state index in [9.17, 15) is 0 Å². The Bertz CT molecular complexity index is 866. The van der Waals surface area contributed by atoms with E-state index in [4.69, 9.17) is 0 Å². The van der Waals surface area contributed by atoms with Crippen molar-refractivity contribution < 1.29 is 0 Å². The van der Waals surface area contributed by atoms with Gasteiger partial charge in [-0.05, 0) is 56.5 Å². The van der Waals surface area contributed by atoms with Crippen LogP contribution >= 0.6 is 0 Å². The van der Waals surface area contributed by atoms with E-state index in [1.807, 2.05) is 0 Å². The summed E-state index contributed by atoms with van der Waals surface area (Å²) in [5, 5.41) is 11.0. The van der Waals surface area contributed by atoms with E-state index in [0.717, 1.165) is 25.3 Å². The van der Waals surface area contributed by atoms with Gasteiger partial charge in [0, 0.05) is 55.1 Å². The van der Waals surface area contributed by atoms with Crippen LogP contribution in [0.4, 0.5) is 5.69 Å². The van der Waals surface area contributed by atoms with Crippen molar-refractivity contribution >= 4 is 11.4 Å². The Morgan fingerprint density at radius 3 is 2.43 bits per heavy atom. The molecule has 2 aliphatic heterocycles. The maximum absolute atomic E-state index is 4.31. The van der Waals surface area contributed by atoms with Gasteiger partial charge >= 0.3 is 0 Å². The largest absolute Gasteiger partial charge is 0.384 e. The molecule has 4 heteroatoms. The summed E-state index contributed by atoms with van der Waals surface area (Å²) in [6.45, 7) is 16.3. The lowest BCUT2D eigenvalue weighted by Crippen LogP contribution is -2.52. The molecule has 30 heavy (non-hydrogen) atoms. The monoisotopic (exact) mass is 404 g/mol. The van der Waals surface area contributed by atoms with Crippen LogP contribution in [0.25, 0.3) is 5.70 Å². The van der Waals surface area contributed by atoms with E-state index in [1.54, 1.807) is 0 Å². The minimum Gasteiger partial charge on any atom is -0.384 e. The van der Waals surface area contributed by atoms with E-state index in [0.29, 0.717) is 30.1 Å². The van der Waals surface area contributed by atoms with Crippen molar-refractivity contribution in [1.82, 2.24) is 15.5 Å². The van der Waals surface area contributed by atoms with Gasteiger partial charge in [-0.3, -0.25) is 4.90 Å². The molecule has 0 bridgehead atoms. The maximum Gasteiger partial charge on any atom is 0.0572 e. The predicted octanol–water partition coefficient (Wildman–Crippen LogP) is 4.79. The second-order valence-corrected chi connectivity index (χ2v) is 9.22. The molecule has 0 aliphatic carbocycles. The number of nitrogens with one attached hydrogen (secondary N) is 3. The highest BCUT2D eigenvalue weighted by atomic mass is 15.2. The van der Waals surface area contributed by atoms with Crippen LogP contribution in [0.3, 0.4) is 0 Å². The topological polar surface area (TPSA) is 39.3 Å². The summed E-state index contributed by atoms with van der Waals surface area (Å²) < 4.78 is 0. The van der Waals surface area contributed by atoms with Crippen molar-refractivity contribution in [2.45, 2.75) is 51.9 Å². The first-order valence-corrected chi connectivity index (χ1v) is 11.3. The van der Waals surface area contributed by atoms with Crippen LogP contribution in [-0.4, -0.2) is 36.6 Å². The molecule has 2 aliphatic rings. The quantitative estimate of drug-likeness (QED) is 0.591.